The summed E-state index contributed by atoms with van der Waals surface area (Å²) in [5, 5.41) is 12.6. The van der Waals surface area contributed by atoms with Crippen molar-refractivity contribution in [2.75, 3.05) is 11.9 Å². The maximum atomic E-state index is 13.7. The van der Waals surface area contributed by atoms with Crippen molar-refractivity contribution < 1.29 is 42.2 Å². The normalized spacial score (nSPS) is 28.1. The Bertz CT molecular complexity index is 1900. The van der Waals surface area contributed by atoms with Crippen molar-refractivity contribution in [3.05, 3.63) is 73.2 Å². The maximum Gasteiger partial charge on any atom is 0.418 e. The number of fused-ring (bicyclic) bond motifs is 9. The van der Waals surface area contributed by atoms with Gasteiger partial charge in [-0.25, -0.2) is 4.79 Å². The van der Waals surface area contributed by atoms with Crippen molar-refractivity contribution in [3.8, 4) is 5.75 Å². The SMILES string of the molecule is CC(C(=O)O)N1C(=O)C2C3CC(C2C1=O)C1C3Sc2[nH]c(=O)sc2[C@@H]1c1cc(Cl)ccc1OCC(=O)Nc1ccccc1C(F)(F)F. The fourth-order valence-electron chi connectivity index (χ4n) is 7.94. The topological polar surface area (TPSA) is 146 Å². The number of H-pyrrole nitrogens is 1. The van der Waals surface area contributed by atoms with E-state index in [2.05, 4.69) is 10.3 Å². The molecule has 10 nitrogen and oxygen atoms in total. The summed E-state index contributed by atoms with van der Waals surface area (Å²) in [5.74, 6) is -5.73. The molecule has 2 aliphatic heterocycles. The van der Waals surface area contributed by atoms with Crippen LogP contribution in [0.4, 0.5) is 18.9 Å². The average molecular weight is 708 g/mol. The first kappa shape index (κ1) is 31.8. The van der Waals surface area contributed by atoms with Crippen LogP contribution in [0.25, 0.3) is 0 Å². The summed E-state index contributed by atoms with van der Waals surface area (Å²) >= 11 is 8.89. The Morgan fingerprint density at radius 3 is 2.53 bits per heavy atom. The van der Waals surface area contributed by atoms with E-state index in [4.69, 9.17) is 16.3 Å². The van der Waals surface area contributed by atoms with Crippen LogP contribution < -0.4 is 14.9 Å². The van der Waals surface area contributed by atoms with Crippen LogP contribution in [0.2, 0.25) is 5.02 Å². The minimum absolute atomic E-state index is 0.213. The van der Waals surface area contributed by atoms with E-state index in [9.17, 15) is 42.3 Å². The summed E-state index contributed by atoms with van der Waals surface area (Å²) in [4.78, 5) is 68.5. The number of carboxylic acids is 1. The van der Waals surface area contributed by atoms with Gasteiger partial charge in [0, 0.05) is 26.6 Å². The van der Waals surface area contributed by atoms with Gasteiger partial charge in [0.15, 0.2) is 6.61 Å². The molecule has 2 saturated carbocycles. The Balaban J connectivity index is 1.22. The molecular formula is C31H25ClF3N3O7S2. The number of nitrogens with zero attached hydrogens (tertiary/aromatic N) is 1. The van der Waals surface area contributed by atoms with Gasteiger partial charge >= 0.3 is 17.0 Å². The highest BCUT2D eigenvalue weighted by Crippen LogP contribution is 2.69. The van der Waals surface area contributed by atoms with Gasteiger partial charge in [0.2, 0.25) is 11.8 Å². The van der Waals surface area contributed by atoms with E-state index >= 15 is 0 Å². The Morgan fingerprint density at radius 1 is 1.13 bits per heavy atom. The summed E-state index contributed by atoms with van der Waals surface area (Å²) in [6.07, 6.45) is -4.13. The number of halogens is 4. The average Bonchev–Trinajstić information content (AvgIpc) is 3.74. The molecule has 0 radical (unpaired) electrons. The fraction of sp³-hybridized carbons (Fsp3) is 0.387. The van der Waals surface area contributed by atoms with E-state index in [1.807, 2.05) is 0 Å². The first-order valence-corrected chi connectivity index (χ1v) is 16.7. The largest absolute Gasteiger partial charge is 0.483 e. The molecule has 8 atom stereocenters. The van der Waals surface area contributed by atoms with Crippen molar-refractivity contribution in [1.82, 2.24) is 9.88 Å². The molecule has 1 saturated heterocycles. The molecule has 4 aliphatic rings. The predicted octanol–water partition coefficient (Wildman–Crippen LogP) is 5.07. The van der Waals surface area contributed by atoms with Gasteiger partial charge < -0.3 is 20.1 Å². The summed E-state index contributed by atoms with van der Waals surface area (Å²) in [5.41, 5.74) is -0.908. The molecule has 1 aromatic heterocycles. The van der Waals surface area contributed by atoms with Gasteiger partial charge in [0.25, 0.3) is 5.91 Å². The zero-order chi connectivity index (χ0) is 33.5. The number of aromatic amines is 1. The van der Waals surface area contributed by atoms with Crippen LogP contribution in [-0.4, -0.2) is 56.6 Å². The van der Waals surface area contributed by atoms with Gasteiger partial charge in [-0.15, -0.1) is 11.8 Å². The lowest BCUT2D eigenvalue weighted by Crippen LogP contribution is -2.44. The molecule has 246 valence electrons. The van der Waals surface area contributed by atoms with Gasteiger partial charge in [-0.05, 0) is 61.4 Å². The highest BCUT2D eigenvalue weighted by atomic mass is 35.5. The van der Waals surface area contributed by atoms with Crippen LogP contribution in [0.5, 0.6) is 5.75 Å². The second kappa shape index (κ2) is 11.4. The molecule has 0 spiro atoms. The molecule has 2 bridgehead atoms. The third-order valence-corrected chi connectivity index (χ3v) is 12.5. The van der Waals surface area contributed by atoms with Crippen molar-refractivity contribution >= 4 is 64.1 Å². The van der Waals surface area contributed by atoms with Crippen LogP contribution in [0, 0.1) is 29.6 Å². The Morgan fingerprint density at radius 2 is 1.83 bits per heavy atom. The van der Waals surface area contributed by atoms with Gasteiger partial charge in [0.05, 0.1) is 28.1 Å². The number of rotatable bonds is 7. The summed E-state index contributed by atoms with van der Waals surface area (Å²) in [6, 6.07) is 7.98. The first-order valence-electron chi connectivity index (χ1n) is 14.6. The van der Waals surface area contributed by atoms with Crippen molar-refractivity contribution in [1.29, 1.82) is 0 Å². The van der Waals surface area contributed by atoms with Gasteiger partial charge in [0.1, 0.15) is 11.8 Å². The number of likely N-dealkylation sites (tertiary alicyclic amines) is 1. The molecule has 3 heterocycles. The monoisotopic (exact) mass is 707 g/mol. The number of hydrogen-bond donors (Lipinski definition) is 3. The van der Waals surface area contributed by atoms with E-state index in [1.54, 1.807) is 6.07 Å². The molecule has 47 heavy (non-hydrogen) atoms. The standard InChI is InChI=1S/C31H25ClF3N3O7S2/c1-11(29(42)43)38-27(40)22-14-9-15(23(22)28(38)41)24-21(14)20(25-26(46-24)37-30(44)47-25)13-8-12(32)6-7-18(13)45-10-19(39)36-17-5-3-2-4-16(17)31(33,34)35/h2-8,11,14-15,20-24H,9-10H2,1H3,(H,36,39)(H,37,44)(H,42,43)/t11?,14?,15?,20-,21?,22?,23?,24?/m1/s1. The molecule has 3 aromatic rings. The number of aromatic nitrogens is 1. The number of thioether (sulfide) groups is 1. The zero-order valence-electron chi connectivity index (χ0n) is 24.2. The second-order valence-electron chi connectivity index (χ2n) is 12.1. The predicted molar refractivity (Wildman–Crippen MR) is 164 cm³/mol. The second-order valence-corrected chi connectivity index (χ2v) is 14.7. The molecule has 3 N–H and O–H groups in total. The molecular weight excluding hydrogens is 683 g/mol. The third kappa shape index (κ3) is 5.13. The Labute approximate surface area is 277 Å². The fourth-order valence-corrected chi connectivity index (χ4v) is 11.0. The van der Waals surface area contributed by atoms with Crippen LogP contribution >= 0.6 is 34.7 Å². The van der Waals surface area contributed by atoms with Crippen LogP contribution in [0.15, 0.2) is 52.3 Å². The quantitative estimate of drug-likeness (QED) is 0.289. The highest BCUT2D eigenvalue weighted by Gasteiger charge is 2.70. The van der Waals surface area contributed by atoms with E-state index in [-0.39, 0.29) is 33.6 Å². The number of anilines is 1. The highest BCUT2D eigenvalue weighted by molar-refractivity contribution is 8.00. The van der Waals surface area contributed by atoms with Gasteiger partial charge in [-0.2, -0.15) is 13.2 Å². The van der Waals surface area contributed by atoms with Gasteiger partial charge in [-0.1, -0.05) is 35.1 Å². The summed E-state index contributed by atoms with van der Waals surface area (Å²) < 4.78 is 46.3. The number of amides is 3. The van der Waals surface area contributed by atoms with Gasteiger partial charge in [-0.3, -0.25) is 24.1 Å². The lowest BCUT2D eigenvalue weighted by Gasteiger charge is -2.43. The van der Waals surface area contributed by atoms with E-state index in [0.717, 1.165) is 28.4 Å². The Kier molecular flexibility index (Phi) is 7.71. The number of aliphatic carboxylic acids is 1. The van der Waals surface area contributed by atoms with Crippen LogP contribution in [0.1, 0.15) is 35.3 Å². The molecule has 7 unspecified atom stereocenters. The number of carboxylic acid groups (broad SMARTS) is 1. The minimum atomic E-state index is -4.69. The number of thiazole rings is 1. The molecule has 7 rings (SSSR count). The zero-order valence-corrected chi connectivity index (χ0v) is 26.6. The number of hydrogen-bond acceptors (Lipinski definition) is 8. The number of nitrogens with one attached hydrogen (secondary N) is 2. The third-order valence-electron chi connectivity index (χ3n) is 9.67. The summed E-state index contributed by atoms with van der Waals surface area (Å²) in [7, 11) is 0. The molecule has 2 aromatic carbocycles. The molecule has 3 fully saturated rings. The number of benzene rings is 2. The van der Waals surface area contributed by atoms with Crippen LogP contribution in [0.3, 0.4) is 0 Å². The molecule has 16 heteroatoms. The lowest BCUT2D eigenvalue weighted by molar-refractivity contribution is -0.154. The first-order chi connectivity index (χ1) is 22.3. The summed E-state index contributed by atoms with van der Waals surface area (Å²) in [6.45, 7) is 0.666. The number of ether oxygens (including phenoxy) is 1. The van der Waals surface area contributed by atoms with Crippen molar-refractivity contribution in [2.24, 2.45) is 29.6 Å². The van der Waals surface area contributed by atoms with Crippen molar-refractivity contribution in [2.45, 2.75) is 41.8 Å². The van der Waals surface area contributed by atoms with E-state index < -0.39 is 71.5 Å². The number of carbonyl (C=O) groups excluding carboxylic acids is 3. The van der Waals surface area contributed by atoms with Crippen molar-refractivity contribution in [3.63, 3.8) is 0 Å². The maximum absolute atomic E-state index is 13.7. The number of para-hydroxylation sites is 1. The van der Waals surface area contributed by atoms with Crippen LogP contribution in [-0.2, 0) is 25.4 Å². The van der Waals surface area contributed by atoms with E-state index in [1.165, 1.54) is 43.0 Å². The Hall–Kier alpha value is -3.82. The number of carbonyl (C=O) groups is 4. The lowest BCUT2D eigenvalue weighted by atomic mass is 9.68. The minimum Gasteiger partial charge on any atom is -0.483 e. The smallest absolute Gasteiger partial charge is 0.418 e. The number of imide groups is 1. The molecule has 3 amide bonds. The van der Waals surface area contributed by atoms with E-state index in [0.29, 0.717) is 26.9 Å². The molecule has 2 aliphatic carbocycles. The number of alkyl halides is 3.